The molecule has 0 fully saturated rings. The minimum atomic E-state index is -0.354. The molecule has 0 unspecified atom stereocenters. The molecule has 0 radical (unpaired) electrons. The van der Waals surface area contributed by atoms with Crippen LogP contribution in [0.15, 0.2) is 67.5 Å². The van der Waals surface area contributed by atoms with Crippen LogP contribution in [0.2, 0.25) is 5.02 Å². The van der Waals surface area contributed by atoms with Gasteiger partial charge in [0.05, 0.1) is 10.7 Å². The van der Waals surface area contributed by atoms with Crippen molar-refractivity contribution in [1.29, 1.82) is 0 Å². The number of nitrogens with zero attached hydrogens (tertiary/aromatic N) is 3. The van der Waals surface area contributed by atoms with Gasteiger partial charge in [0, 0.05) is 29.2 Å². The number of hydrogen-bond acceptors (Lipinski definition) is 3. The van der Waals surface area contributed by atoms with Crippen LogP contribution in [-0.2, 0) is 4.79 Å². The number of fused-ring (bicyclic) bond motifs is 1. The summed E-state index contributed by atoms with van der Waals surface area (Å²) < 4.78 is 1.58. The van der Waals surface area contributed by atoms with E-state index >= 15 is 0 Å². The number of nitrogens with one attached hydrogen (secondary N) is 1. The summed E-state index contributed by atoms with van der Waals surface area (Å²) >= 11 is 6.29. The average Bonchev–Trinajstić information content (AvgIpc) is 3.26. The van der Waals surface area contributed by atoms with Crippen molar-refractivity contribution in [2.45, 2.75) is 0 Å². The fourth-order valence-corrected chi connectivity index (χ4v) is 3.35. The zero-order valence-corrected chi connectivity index (χ0v) is 15.0. The van der Waals surface area contributed by atoms with E-state index in [4.69, 9.17) is 11.6 Å². The number of para-hydroxylation sites is 1. The van der Waals surface area contributed by atoms with E-state index in [1.807, 2.05) is 12.1 Å². The average molecular weight is 379 g/mol. The first-order valence-electron chi connectivity index (χ1n) is 8.25. The number of carbonyl (C=O) groups is 2. The van der Waals surface area contributed by atoms with Crippen LogP contribution in [0, 0.1) is 0 Å². The van der Waals surface area contributed by atoms with Gasteiger partial charge in [0.25, 0.3) is 5.91 Å². The summed E-state index contributed by atoms with van der Waals surface area (Å²) in [5, 5.41) is 7.44. The van der Waals surface area contributed by atoms with Crippen LogP contribution in [0.25, 0.3) is 11.4 Å². The quantitative estimate of drug-likeness (QED) is 0.754. The summed E-state index contributed by atoms with van der Waals surface area (Å²) in [6.07, 6.45) is 3.36. The number of benzene rings is 2. The Morgan fingerprint density at radius 3 is 2.59 bits per heavy atom. The van der Waals surface area contributed by atoms with E-state index in [2.05, 4.69) is 17.0 Å². The molecule has 0 bridgehead atoms. The van der Waals surface area contributed by atoms with E-state index < -0.39 is 0 Å². The SMILES string of the molecule is C=C1c2ccccc2C(=O)N1CC(=O)Nc1cccc(Cl)c1-n1cccn1. The topological polar surface area (TPSA) is 67.2 Å². The van der Waals surface area contributed by atoms with E-state index in [0.717, 1.165) is 5.56 Å². The summed E-state index contributed by atoms with van der Waals surface area (Å²) in [6.45, 7) is 3.81. The maximum Gasteiger partial charge on any atom is 0.259 e. The molecule has 1 aromatic heterocycles. The number of halogens is 1. The third-order valence-electron chi connectivity index (χ3n) is 4.34. The van der Waals surface area contributed by atoms with E-state index in [1.165, 1.54) is 4.90 Å². The summed E-state index contributed by atoms with van der Waals surface area (Å²) in [4.78, 5) is 26.6. The molecule has 1 aliphatic rings. The highest BCUT2D eigenvalue weighted by Crippen LogP contribution is 2.31. The first-order chi connectivity index (χ1) is 13.1. The van der Waals surface area contributed by atoms with E-state index in [1.54, 1.807) is 53.5 Å². The van der Waals surface area contributed by atoms with Crippen LogP contribution in [0.4, 0.5) is 5.69 Å². The molecule has 1 N–H and O–H groups in total. The van der Waals surface area contributed by atoms with Crippen molar-refractivity contribution in [3.8, 4) is 5.69 Å². The second-order valence-electron chi connectivity index (χ2n) is 6.02. The van der Waals surface area contributed by atoms with Crippen molar-refractivity contribution >= 4 is 34.8 Å². The lowest BCUT2D eigenvalue weighted by Crippen LogP contribution is -2.33. The summed E-state index contributed by atoms with van der Waals surface area (Å²) in [6, 6.07) is 14.1. The summed E-state index contributed by atoms with van der Waals surface area (Å²) in [5.74, 6) is -0.586. The second-order valence-corrected chi connectivity index (χ2v) is 6.43. The van der Waals surface area contributed by atoms with Gasteiger partial charge in [-0.05, 0) is 24.3 Å². The van der Waals surface area contributed by atoms with Gasteiger partial charge in [-0.2, -0.15) is 5.10 Å². The molecule has 2 heterocycles. The molecule has 0 atom stereocenters. The zero-order valence-electron chi connectivity index (χ0n) is 14.2. The van der Waals surface area contributed by atoms with Gasteiger partial charge in [0.1, 0.15) is 12.2 Å². The highest BCUT2D eigenvalue weighted by Gasteiger charge is 2.32. The van der Waals surface area contributed by atoms with Gasteiger partial charge >= 0.3 is 0 Å². The zero-order chi connectivity index (χ0) is 19.0. The lowest BCUT2D eigenvalue weighted by molar-refractivity contribution is -0.116. The van der Waals surface area contributed by atoms with Gasteiger partial charge in [-0.1, -0.05) is 42.4 Å². The van der Waals surface area contributed by atoms with Gasteiger partial charge in [0.15, 0.2) is 0 Å². The van der Waals surface area contributed by atoms with Crippen LogP contribution in [0.3, 0.4) is 0 Å². The molecule has 2 aromatic carbocycles. The van der Waals surface area contributed by atoms with Gasteiger partial charge in [-0.3, -0.25) is 14.5 Å². The van der Waals surface area contributed by atoms with Crippen LogP contribution >= 0.6 is 11.6 Å². The molecule has 2 amide bonds. The Kier molecular flexibility index (Phi) is 4.25. The fourth-order valence-electron chi connectivity index (χ4n) is 3.09. The lowest BCUT2D eigenvalue weighted by Gasteiger charge is -2.18. The Balaban J connectivity index is 1.56. The van der Waals surface area contributed by atoms with E-state index in [0.29, 0.717) is 27.7 Å². The van der Waals surface area contributed by atoms with Crippen molar-refractivity contribution in [2.75, 3.05) is 11.9 Å². The Bertz CT molecular complexity index is 1020. The highest BCUT2D eigenvalue weighted by molar-refractivity contribution is 6.33. The molecular weight excluding hydrogens is 364 g/mol. The Morgan fingerprint density at radius 2 is 1.89 bits per heavy atom. The van der Waals surface area contributed by atoms with Crippen molar-refractivity contribution in [3.05, 3.63) is 83.7 Å². The molecule has 0 saturated heterocycles. The van der Waals surface area contributed by atoms with Crippen LogP contribution in [-0.4, -0.2) is 33.0 Å². The molecule has 0 aliphatic carbocycles. The second kappa shape index (κ2) is 6.74. The van der Waals surface area contributed by atoms with Crippen LogP contribution in [0.1, 0.15) is 15.9 Å². The highest BCUT2D eigenvalue weighted by atomic mass is 35.5. The van der Waals surface area contributed by atoms with Crippen molar-refractivity contribution in [1.82, 2.24) is 14.7 Å². The van der Waals surface area contributed by atoms with Gasteiger partial charge in [0.2, 0.25) is 5.91 Å². The number of amides is 2. The molecule has 4 rings (SSSR count). The van der Waals surface area contributed by atoms with Crippen molar-refractivity contribution in [2.24, 2.45) is 0 Å². The molecule has 1 aliphatic heterocycles. The number of anilines is 1. The third-order valence-corrected chi connectivity index (χ3v) is 4.64. The molecule has 0 saturated carbocycles. The normalized spacial score (nSPS) is 13.0. The number of aromatic nitrogens is 2. The predicted molar refractivity (Wildman–Crippen MR) is 104 cm³/mol. The lowest BCUT2D eigenvalue weighted by atomic mass is 10.1. The minimum Gasteiger partial charge on any atom is -0.323 e. The van der Waals surface area contributed by atoms with Crippen LogP contribution < -0.4 is 5.32 Å². The largest absolute Gasteiger partial charge is 0.323 e. The van der Waals surface area contributed by atoms with Gasteiger partial charge < -0.3 is 5.32 Å². The Hall–Kier alpha value is -3.38. The fraction of sp³-hybridized carbons (Fsp3) is 0.0500. The number of rotatable bonds is 4. The molecule has 0 spiro atoms. The molecule has 6 nitrogen and oxygen atoms in total. The number of hydrogen-bond donors (Lipinski definition) is 1. The van der Waals surface area contributed by atoms with E-state index in [-0.39, 0.29) is 18.4 Å². The first-order valence-corrected chi connectivity index (χ1v) is 8.62. The Morgan fingerprint density at radius 1 is 1.11 bits per heavy atom. The maximum absolute atomic E-state index is 12.6. The summed E-state index contributed by atoms with van der Waals surface area (Å²) in [7, 11) is 0. The van der Waals surface area contributed by atoms with Crippen molar-refractivity contribution < 1.29 is 9.59 Å². The monoisotopic (exact) mass is 378 g/mol. The standard InChI is InChI=1S/C20H15ClN4O2/c1-13-14-6-2-3-7-15(14)20(27)24(13)12-18(26)23-17-9-4-8-16(21)19(17)25-11-5-10-22-25/h2-11H,1,12H2,(H,23,26). The third kappa shape index (κ3) is 3.00. The van der Waals surface area contributed by atoms with Crippen LogP contribution in [0.5, 0.6) is 0 Å². The molecule has 27 heavy (non-hydrogen) atoms. The molecule has 7 heteroatoms. The molecule has 3 aromatic rings. The molecular formula is C20H15ClN4O2. The van der Waals surface area contributed by atoms with Crippen molar-refractivity contribution in [3.63, 3.8) is 0 Å². The maximum atomic E-state index is 12.6. The molecule has 134 valence electrons. The Labute approximate surface area is 160 Å². The minimum absolute atomic E-state index is 0.141. The first kappa shape index (κ1) is 17.1. The van der Waals surface area contributed by atoms with Gasteiger partial charge in [-0.15, -0.1) is 0 Å². The predicted octanol–water partition coefficient (Wildman–Crippen LogP) is 3.59. The number of carbonyl (C=O) groups excluding carboxylic acids is 2. The van der Waals surface area contributed by atoms with E-state index in [9.17, 15) is 9.59 Å². The van der Waals surface area contributed by atoms with Gasteiger partial charge in [-0.25, -0.2) is 4.68 Å². The smallest absolute Gasteiger partial charge is 0.259 e. The summed E-state index contributed by atoms with van der Waals surface area (Å²) in [5.41, 5.74) is 2.88.